The van der Waals surface area contributed by atoms with E-state index in [-0.39, 0.29) is 17.3 Å². The molecule has 0 atom stereocenters. The minimum Gasteiger partial charge on any atom is -0.398 e. The second kappa shape index (κ2) is 4.19. The van der Waals surface area contributed by atoms with Crippen molar-refractivity contribution in [3.05, 3.63) is 18.2 Å². The number of primary sulfonamides is 1. The maximum atomic E-state index is 10.8. The summed E-state index contributed by atoms with van der Waals surface area (Å²) in [6.07, 6.45) is 0. The van der Waals surface area contributed by atoms with Gasteiger partial charge >= 0.3 is 0 Å². The molecule has 0 heterocycles. The van der Waals surface area contributed by atoms with Crippen LogP contribution in [-0.4, -0.2) is 8.42 Å². The number of hydrogen-bond donors (Lipinski definition) is 3. The van der Waals surface area contributed by atoms with Gasteiger partial charge < -0.3 is 5.73 Å². The van der Waals surface area contributed by atoms with Gasteiger partial charge in [0.15, 0.2) is 0 Å². The number of anilines is 1. The van der Waals surface area contributed by atoms with E-state index in [4.69, 9.17) is 10.9 Å². The molecule has 0 aromatic heterocycles. The van der Waals surface area contributed by atoms with Gasteiger partial charge in [0.1, 0.15) is 0 Å². The van der Waals surface area contributed by atoms with Gasteiger partial charge in [-0.1, -0.05) is 0 Å². The molecule has 0 radical (unpaired) electrons. The summed E-state index contributed by atoms with van der Waals surface area (Å²) in [5, 5.41) is 4.87. The third-order valence-corrected chi connectivity index (χ3v) is 2.65. The van der Waals surface area contributed by atoms with E-state index >= 15 is 0 Å². The summed E-state index contributed by atoms with van der Waals surface area (Å²) in [4.78, 5) is 0.528. The summed E-state index contributed by atoms with van der Waals surface area (Å²) in [5.74, 6) is 0. The predicted molar refractivity (Wildman–Crippen MR) is 56.7 cm³/mol. The van der Waals surface area contributed by atoms with Gasteiger partial charge in [-0.3, -0.25) is 0 Å². The molecule has 0 bridgehead atoms. The number of thiol groups is 1. The van der Waals surface area contributed by atoms with Gasteiger partial charge in [0.05, 0.1) is 4.90 Å². The van der Waals surface area contributed by atoms with Crippen LogP contribution in [0.4, 0.5) is 5.69 Å². The Morgan fingerprint density at radius 1 is 1.31 bits per heavy atom. The summed E-state index contributed by atoms with van der Waals surface area (Å²) in [6.45, 7) is 0. The van der Waals surface area contributed by atoms with E-state index in [1.54, 1.807) is 0 Å². The third-order valence-electron chi connectivity index (χ3n) is 1.33. The zero-order valence-electron chi connectivity index (χ0n) is 6.47. The molecule has 1 aromatic rings. The molecule has 1 aromatic carbocycles. The molecule has 0 saturated carbocycles. The summed E-state index contributed by atoms with van der Waals surface area (Å²) in [6, 6.07) is 4.11. The molecule has 0 spiro atoms. The Morgan fingerprint density at radius 3 is 2.23 bits per heavy atom. The summed E-state index contributed by atoms with van der Waals surface area (Å²) < 4.78 is 21.6. The lowest BCUT2D eigenvalue weighted by Gasteiger charge is -2.01. The van der Waals surface area contributed by atoms with Crippen LogP contribution in [0.3, 0.4) is 0 Å². The fraction of sp³-hybridized carbons (Fsp3) is 0. The molecule has 0 unspecified atom stereocenters. The van der Waals surface area contributed by atoms with Crippen molar-refractivity contribution in [3.63, 3.8) is 0 Å². The number of nitrogen functional groups attached to an aromatic ring is 1. The van der Waals surface area contributed by atoms with Crippen molar-refractivity contribution in [2.75, 3.05) is 5.73 Å². The second-order valence-corrected chi connectivity index (χ2v) is 4.31. The SMILES string of the molecule is Cl.Nc1cc(S(N)(=O)=O)ccc1S. The van der Waals surface area contributed by atoms with Gasteiger partial charge in [0.25, 0.3) is 0 Å². The van der Waals surface area contributed by atoms with E-state index in [0.29, 0.717) is 10.6 Å². The molecule has 0 saturated heterocycles. The van der Waals surface area contributed by atoms with Crippen LogP contribution in [0, 0.1) is 0 Å². The van der Waals surface area contributed by atoms with Gasteiger partial charge in [-0.15, -0.1) is 25.0 Å². The topological polar surface area (TPSA) is 86.2 Å². The Kier molecular flexibility index (Phi) is 4.05. The Hall–Kier alpha value is -0.430. The number of rotatable bonds is 1. The monoisotopic (exact) mass is 240 g/mol. The molecule has 4 nitrogen and oxygen atoms in total. The average Bonchev–Trinajstić information content (AvgIpc) is 1.92. The molecule has 0 aliphatic heterocycles. The van der Waals surface area contributed by atoms with Crippen LogP contribution in [0.1, 0.15) is 0 Å². The molecule has 13 heavy (non-hydrogen) atoms. The lowest BCUT2D eigenvalue weighted by molar-refractivity contribution is 0.598. The van der Waals surface area contributed by atoms with Crippen molar-refractivity contribution in [1.29, 1.82) is 0 Å². The summed E-state index contributed by atoms with van der Waals surface area (Å²) >= 11 is 3.98. The Labute approximate surface area is 88.2 Å². The number of hydrogen-bond acceptors (Lipinski definition) is 4. The highest BCUT2D eigenvalue weighted by Gasteiger charge is 2.07. The van der Waals surface area contributed by atoms with E-state index in [1.165, 1.54) is 18.2 Å². The van der Waals surface area contributed by atoms with Crippen molar-refractivity contribution in [2.24, 2.45) is 5.14 Å². The zero-order valence-corrected chi connectivity index (χ0v) is 8.99. The average molecular weight is 241 g/mol. The predicted octanol–water partition coefficient (Wildman–Crippen LogP) is 0.627. The van der Waals surface area contributed by atoms with E-state index in [9.17, 15) is 8.42 Å². The maximum absolute atomic E-state index is 10.8. The fourth-order valence-corrected chi connectivity index (χ4v) is 1.40. The highest BCUT2D eigenvalue weighted by atomic mass is 35.5. The molecule has 0 aliphatic carbocycles. The van der Waals surface area contributed by atoms with Gasteiger partial charge in [-0.2, -0.15) is 0 Å². The quantitative estimate of drug-likeness (QED) is 0.497. The van der Waals surface area contributed by atoms with Gasteiger partial charge in [0, 0.05) is 10.6 Å². The molecular formula is C6H9ClN2O2S2. The normalized spacial score (nSPS) is 10.6. The molecule has 0 amide bonds. The van der Waals surface area contributed by atoms with Crippen LogP contribution in [0.2, 0.25) is 0 Å². The van der Waals surface area contributed by atoms with E-state index in [2.05, 4.69) is 12.6 Å². The van der Waals surface area contributed by atoms with Gasteiger partial charge in [-0.05, 0) is 18.2 Å². The second-order valence-electron chi connectivity index (χ2n) is 2.27. The van der Waals surface area contributed by atoms with Crippen LogP contribution < -0.4 is 10.9 Å². The molecule has 74 valence electrons. The summed E-state index contributed by atoms with van der Waals surface area (Å²) in [7, 11) is -3.66. The highest BCUT2D eigenvalue weighted by molar-refractivity contribution is 7.89. The van der Waals surface area contributed by atoms with Gasteiger partial charge in [-0.25, -0.2) is 13.6 Å². The number of nitrogens with two attached hydrogens (primary N) is 2. The number of halogens is 1. The summed E-state index contributed by atoms with van der Waals surface area (Å²) in [5.41, 5.74) is 5.72. The first-order valence-corrected chi connectivity index (χ1v) is 5.02. The van der Waals surface area contributed by atoms with E-state index < -0.39 is 10.0 Å². The maximum Gasteiger partial charge on any atom is 0.238 e. The third kappa shape index (κ3) is 3.07. The fourth-order valence-electron chi connectivity index (χ4n) is 0.710. The zero-order chi connectivity index (χ0) is 9.35. The van der Waals surface area contributed by atoms with Crippen LogP contribution in [0.25, 0.3) is 0 Å². The largest absolute Gasteiger partial charge is 0.398 e. The van der Waals surface area contributed by atoms with E-state index in [1.807, 2.05) is 0 Å². The van der Waals surface area contributed by atoms with Crippen LogP contribution >= 0.6 is 25.0 Å². The minimum atomic E-state index is -3.66. The molecular weight excluding hydrogens is 232 g/mol. The standard InChI is InChI=1S/C6H8N2O2S2.ClH/c7-5-3-4(12(8,9)10)1-2-6(5)11;/h1-3,11H,7H2,(H2,8,9,10);1H. The first-order valence-electron chi connectivity index (χ1n) is 3.02. The number of benzene rings is 1. The van der Waals surface area contributed by atoms with Crippen molar-refractivity contribution in [2.45, 2.75) is 9.79 Å². The van der Waals surface area contributed by atoms with Crippen LogP contribution in [-0.2, 0) is 10.0 Å². The van der Waals surface area contributed by atoms with Crippen LogP contribution in [0.5, 0.6) is 0 Å². The van der Waals surface area contributed by atoms with Crippen LogP contribution in [0.15, 0.2) is 28.0 Å². The molecule has 0 fully saturated rings. The minimum absolute atomic E-state index is 0. The highest BCUT2D eigenvalue weighted by Crippen LogP contribution is 2.19. The molecule has 7 heteroatoms. The first kappa shape index (κ1) is 12.6. The van der Waals surface area contributed by atoms with Crippen molar-refractivity contribution < 1.29 is 8.42 Å². The molecule has 4 N–H and O–H groups in total. The lowest BCUT2D eigenvalue weighted by atomic mass is 10.3. The Bertz CT molecular complexity index is 405. The van der Waals surface area contributed by atoms with Gasteiger partial charge in [0.2, 0.25) is 10.0 Å². The van der Waals surface area contributed by atoms with Crippen molar-refractivity contribution >= 4 is 40.7 Å². The number of sulfonamides is 1. The lowest BCUT2D eigenvalue weighted by Crippen LogP contribution is -2.12. The van der Waals surface area contributed by atoms with Crippen molar-refractivity contribution in [1.82, 2.24) is 0 Å². The Balaban J connectivity index is 0.00000144. The van der Waals surface area contributed by atoms with E-state index in [0.717, 1.165) is 0 Å². The smallest absolute Gasteiger partial charge is 0.238 e. The molecule has 1 rings (SSSR count). The Morgan fingerprint density at radius 2 is 1.85 bits per heavy atom. The van der Waals surface area contributed by atoms with Crippen molar-refractivity contribution in [3.8, 4) is 0 Å². The molecule has 0 aliphatic rings. The first-order chi connectivity index (χ1) is 5.41.